The molecule has 0 fully saturated rings. The zero-order valence-electron chi connectivity index (χ0n) is 12.2. The van der Waals surface area contributed by atoms with Gasteiger partial charge in [-0.3, -0.25) is 0 Å². The summed E-state index contributed by atoms with van der Waals surface area (Å²) >= 11 is 0. The van der Waals surface area contributed by atoms with Crippen molar-refractivity contribution in [3.63, 3.8) is 0 Å². The molecular formula is C10H25NO4Si3. The summed E-state index contributed by atoms with van der Waals surface area (Å²) in [6.07, 6.45) is 2.19. The maximum Gasteiger partial charge on any atom is 0.477 e. The molecule has 0 aliphatic carbocycles. The Morgan fingerprint density at radius 2 is 1.44 bits per heavy atom. The number of ether oxygens (including phenoxy) is 1. The molecule has 0 unspecified atom stereocenters. The lowest BCUT2D eigenvalue weighted by atomic mass is 10.5. The van der Waals surface area contributed by atoms with E-state index in [0.29, 0.717) is 19.1 Å². The maximum absolute atomic E-state index is 10.6. The van der Waals surface area contributed by atoms with E-state index < -0.39 is 25.4 Å². The van der Waals surface area contributed by atoms with Crippen LogP contribution in [0.25, 0.3) is 0 Å². The first-order valence-electron chi connectivity index (χ1n) is 6.11. The molecule has 0 aliphatic rings. The number of hydrogen-bond acceptors (Lipinski definition) is 5. The van der Waals surface area contributed by atoms with E-state index in [0.717, 1.165) is 0 Å². The fraction of sp³-hybridized carbons (Fsp3) is 0.900. The summed E-state index contributed by atoms with van der Waals surface area (Å²) in [5, 5.41) is 8.30. The summed E-state index contributed by atoms with van der Waals surface area (Å²) in [7, 11) is -6.85. The fourth-order valence-corrected chi connectivity index (χ4v) is 11.1. The third-order valence-electron chi connectivity index (χ3n) is 1.73. The van der Waals surface area contributed by atoms with Crippen molar-refractivity contribution in [1.82, 2.24) is 0 Å². The molecule has 0 atom stereocenters. The molecule has 5 nitrogen and oxygen atoms in total. The van der Waals surface area contributed by atoms with Gasteiger partial charge in [0.1, 0.15) is 6.61 Å². The van der Waals surface area contributed by atoms with Crippen LogP contribution in [-0.4, -0.2) is 36.8 Å². The number of hydrogen-bond donors (Lipinski definition) is 1. The van der Waals surface area contributed by atoms with Gasteiger partial charge in [0.2, 0.25) is 0 Å². The normalized spacial score (nSPS) is 13.2. The topological polar surface area (TPSA) is 71.7 Å². The van der Waals surface area contributed by atoms with Gasteiger partial charge < -0.3 is 17.8 Å². The molecular weight excluding hydrogens is 282 g/mol. The number of nitrogens with zero attached hydrogens (tertiary/aromatic N) is 1. The molecule has 18 heavy (non-hydrogen) atoms. The lowest BCUT2D eigenvalue weighted by Crippen LogP contribution is -2.55. The summed E-state index contributed by atoms with van der Waals surface area (Å²) < 4.78 is 16.4. The third kappa shape index (κ3) is 9.81. The number of nitriles is 1. The van der Waals surface area contributed by atoms with Crippen molar-refractivity contribution >= 4 is 25.4 Å². The molecule has 0 aromatic carbocycles. The zero-order chi connectivity index (χ0) is 14.4. The average Bonchev–Trinajstić information content (AvgIpc) is 2.05. The largest absolute Gasteiger partial charge is 0.477 e. The van der Waals surface area contributed by atoms with Crippen molar-refractivity contribution in [1.29, 1.82) is 5.26 Å². The molecule has 106 valence electrons. The SMILES string of the molecule is C[Si](C)(C)O[Si](O)(CCCOC#N)O[Si](C)(C)C. The predicted octanol–water partition coefficient (Wildman–Crippen LogP) is 2.51. The average molecular weight is 308 g/mol. The Morgan fingerprint density at radius 3 is 1.78 bits per heavy atom. The maximum atomic E-state index is 10.6. The molecule has 0 aromatic heterocycles. The Balaban J connectivity index is 4.56. The summed E-state index contributed by atoms with van der Waals surface area (Å²) in [4.78, 5) is 10.6. The van der Waals surface area contributed by atoms with E-state index in [-0.39, 0.29) is 0 Å². The fourth-order valence-electron chi connectivity index (χ4n) is 1.49. The molecule has 0 bridgehead atoms. The molecule has 0 aliphatic heterocycles. The minimum atomic E-state index is -3.14. The molecule has 8 heteroatoms. The van der Waals surface area contributed by atoms with Gasteiger partial charge in [0.05, 0.1) is 0 Å². The standard InChI is InChI=1S/C10H25NO4Si3/c1-16(2,3)14-18(12,15-17(4,5)6)9-7-8-13-10-11/h12H,7-9H2,1-6H3. The van der Waals surface area contributed by atoms with Crippen LogP contribution in [0.1, 0.15) is 6.42 Å². The van der Waals surface area contributed by atoms with Crippen molar-refractivity contribution in [2.24, 2.45) is 0 Å². The van der Waals surface area contributed by atoms with E-state index in [9.17, 15) is 4.80 Å². The van der Waals surface area contributed by atoms with Crippen molar-refractivity contribution in [2.75, 3.05) is 6.61 Å². The molecule has 0 spiro atoms. The van der Waals surface area contributed by atoms with E-state index >= 15 is 0 Å². The summed E-state index contributed by atoms with van der Waals surface area (Å²) in [5.74, 6) is 0. The summed E-state index contributed by atoms with van der Waals surface area (Å²) in [6.45, 7) is 12.5. The van der Waals surface area contributed by atoms with Gasteiger partial charge in [-0.15, -0.1) is 0 Å². The molecule has 0 heterocycles. The first kappa shape index (κ1) is 17.8. The second-order valence-corrected chi connectivity index (χ2v) is 18.2. The van der Waals surface area contributed by atoms with Crippen molar-refractivity contribution < 1.29 is 17.8 Å². The molecule has 0 radical (unpaired) electrons. The van der Waals surface area contributed by atoms with Crippen LogP contribution in [0.2, 0.25) is 45.3 Å². The van der Waals surface area contributed by atoms with Crippen LogP contribution in [-0.2, 0) is 13.0 Å². The Hall–Kier alpha value is -0.179. The second-order valence-electron chi connectivity index (χ2n) is 6.18. The summed E-state index contributed by atoms with van der Waals surface area (Å²) in [6, 6.07) is 0.448. The van der Waals surface area contributed by atoms with Crippen LogP contribution in [0.4, 0.5) is 0 Å². The molecule has 0 aromatic rings. The van der Waals surface area contributed by atoms with E-state index in [4.69, 9.17) is 13.5 Å². The van der Waals surface area contributed by atoms with Gasteiger partial charge in [-0.25, -0.2) is 0 Å². The number of rotatable bonds is 8. The Bertz CT molecular complexity index is 277. The van der Waals surface area contributed by atoms with Gasteiger partial charge >= 0.3 is 8.80 Å². The third-order valence-corrected chi connectivity index (χ3v) is 10.2. The first-order chi connectivity index (χ1) is 7.97. The molecule has 0 saturated carbocycles. The smallest absolute Gasteiger partial charge is 0.428 e. The van der Waals surface area contributed by atoms with Crippen LogP contribution in [0.5, 0.6) is 0 Å². The second kappa shape index (κ2) is 6.83. The van der Waals surface area contributed by atoms with E-state index in [1.165, 1.54) is 0 Å². The monoisotopic (exact) mass is 307 g/mol. The van der Waals surface area contributed by atoms with Crippen molar-refractivity contribution in [3.05, 3.63) is 0 Å². The van der Waals surface area contributed by atoms with Crippen molar-refractivity contribution in [2.45, 2.75) is 51.7 Å². The van der Waals surface area contributed by atoms with Crippen LogP contribution in [0, 0.1) is 11.5 Å². The Labute approximate surface area is 113 Å². The van der Waals surface area contributed by atoms with Crippen LogP contribution in [0.3, 0.4) is 0 Å². The molecule has 1 N–H and O–H groups in total. The van der Waals surface area contributed by atoms with Gasteiger partial charge in [-0.1, -0.05) is 0 Å². The van der Waals surface area contributed by atoms with Gasteiger partial charge in [0.15, 0.2) is 16.6 Å². The van der Waals surface area contributed by atoms with Crippen LogP contribution in [0.15, 0.2) is 0 Å². The lowest BCUT2D eigenvalue weighted by molar-refractivity contribution is 0.225. The predicted molar refractivity (Wildman–Crippen MR) is 77.8 cm³/mol. The van der Waals surface area contributed by atoms with E-state index in [1.807, 2.05) is 39.3 Å². The highest BCUT2D eigenvalue weighted by atomic mass is 28.5. The lowest BCUT2D eigenvalue weighted by Gasteiger charge is -2.35. The highest BCUT2D eigenvalue weighted by Gasteiger charge is 2.43. The van der Waals surface area contributed by atoms with Crippen molar-refractivity contribution in [3.8, 4) is 6.26 Å². The van der Waals surface area contributed by atoms with E-state index in [2.05, 4.69) is 4.74 Å². The molecule has 0 rings (SSSR count). The quantitative estimate of drug-likeness (QED) is 0.424. The van der Waals surface area contributed by atoms with Gasteiger partial charge in [-0.05, 0) is 45.7 Å². The van der Waals surface area contributed by atoms with Gasteiger partial charge in [-0.2, -0.15) is 5.26 Å². The highest BCUT2D eigenvalue weighted by molar-refractivity contribution is 6.85. The molecule has 0 amide bonds. The highest BCUT2D eigenvalue weighted by Crippen LogP contribution is 2.23. The minimum absolute atomic E-state index is 0.302. The minimum Gasteiger partial charge on any atom is -0.428 e. The van der Waals surface area contributed by atoms with Crippen LogP contribution < -0.4 is 0 Å². The van der Waals surface area contributed by atoms with Gasteiger partial charge in [0.25, 0.3) is 6.26 Å². The zero-order valence-corrected chi connectivity index (χ0v) is 15.2. The first-order valence-corrected chi connectivity index (χ1v) is 14.9. The Kier molecular flexibility index (Phi) is 6.77. The molecule has 0 saturated heterocycles. The van der Waals surface area contributed by atoms with Gasteiger partial charge in [0, 0.05) is 6.04 Å². The Morgan fingerprint density at radius 1 is 1.00 bits per heavy atom. The summed E-state index contributed by atoms with van der Waals surface area (Å²) in [5.41, 5.74) is 0. The van der Waals surface area contributed by atoms with E-state index in [1.54, 1.807) is 6.26 Å². The van der Waals surface area contributed by atoms with Crippen LogP contribution >= 0.6 is 0 Å².